The predicted molar refractivity (Wildman–Crippen MR) is 43.4 cm³/mol. The van der Waals surface area contributed by atoms with Crippen LogP contribution in [0.15, 0.2) is 30.3 Å². The van der Waals surface area contributed by atoms with E-state index in [0.717, 1.165) is 12.1 Å². The summed E-state index contributed by atoms with van der Waals surface area (Å²) in [4.78, 5) is 10.5. The van der Waals surface area contributed by atoms with E-state index in [4.69, 9.17) is 0 Å². The lowest BCUT2D eigenvalue weighted by Crippen LogP contribution is -2.37. The molecule has 1 amide bonds. The summed E-state index contributed by atoms with van der Waals surface area (Å²) in [6, 6.07) is 6.50. The molecule has 0 spiro atoms. The van der Waals surface area contributed by atoms with Crippen LogP contribution >= 0.6 is 0 Å². The van der Waals surface area contributed by atoms with Gasteiger partial charge >= 0.3 is 12.1 Å². The molecule has 0 saturated carbocycles. The van der Waals surface area contributed by atoms with Crippen LogP contribution in [0, 0.1) is 5.21 Å². The van der Waals surface area contributed by atoms with Gasteiger partial charge in [-0.3, -0.25) is 4.79 Å². The Kier molecular flexibility index (Phi) is 2.76. The van der Waals surface area contributed by atoms with Gasteiger partial charge < -0.3 is 10.3 Å². The maximum absolute atomic E-state index is 11.8. The molecule has 0 radical (unpaired) electrons. The molecule has 1 rings (SSSR count). The first-order valence-corrected chi connectivity index (χ1v) is 3.56. The Balaban J connectivity index is 2.87. The molecule has 0 fully saturated rings. The van der Waals surface area contributed by atoms with Crippen LogP contribution in [0.2, 0.25) is 0 Å². The Hall–Kier alpha value is -1.56. The fourth-order valence-corrected chi connectivity index (χ4v) is 0.796. The zero-order chi connectivity index (χ0) is 10.8. The summed E-state index contributed by atoms with van der Waals surface area (Å²) in [6.07, 6.45) is -5.14. The van der Waals surface area contributed by atoms with Crippen LogP contribution in [0.4, 0.5) is 18.9 Å². The van der Waals surface area contributed by atoms with Crippen LogP contribution in [0.1, 0.15) is 0 Å². The number of benzene rings is 1. The number of anilines is 1. The monoisotopic (exact) mass is 204 g/mol. The number of halogens is 3. The minimum Gasteiger partial charge on any atom is -0.751 e. The number of para-hydroxylation sites is 1. The van der Waals surface area contributed by atoms with E-state index < -0.39 is 17.1 Å². The van der Waals surface area contributed by atoms with Crippen molar-refractivity contribution < 1.29 is 18.0 Å². The lowest BCUT2D eigenvalue weighted by atomic mass is 10.3. The average molecular weight is 204 g/mol. The molecule has 3 nitrogen and oxygen atoms in total. The fraction of sp³-hybridized carbons (Fsp3) is 0.125. The fourth-order valence-electron chi connectivity index (χ4n) is 0.796. The van der Waals surface area contributed by atoms with Crippen molar-refractivity contribution in [3.05, 3.63) is 35.5 Å². The molecule has 1 aromatic carbocycles. The Bertz CT molecular complexity index is 323. The van der Waals surface area contributed by atoms with Crippen LogP contribution in [0.3, 0.4) is 0 Å². The third-order valence-electron chi connectivity index (χ3n) is 1.42. The van der Waals surface area contributed by atoms with Crippen molar-refractivity contribution in [2.45, 2.75) is 6.18 Å². The first-order valence-electron chi connectivity index (χ1n) is 3.56. The van der Waals surface area contributed by atoms with Gasteiger partial charge in [0, 0.05) is 5.69 Å². The van der Waals surface area contributed by atoms with E-state index in [1.807, 2.05) is 0 Å². The maximum Gasteiger partial charge on any atom is 0.470 e. The quantitative estimate of drug-likeness (QED) is 0.657. The number of amides is 1. The summed E-state index contributed by atoms with van der Waals surface area (Å²) in [5.41, 5.74) is -0.338. The molecule has 0 N–H and O–H groups in total. The summed E-state index contributed by atoms with van der Waals surface area (Å²) in [6.45, 7) is 0. The van der Waals surface area contributed by atoms with E-state index in [1.54, 1.807) is 0 Å². The van der Waals surface area contributed by atoms with Gasteiger partial charge in [0.2, 0.25) is 0 Å². The highest BCUT2D eigenvalue weighted by Gasteiger charge is 2.39. The normalized spacial score (nSPS) is 11.1. The highest BCUT2D eigenvalue weighted by molar-refractivity contribution is 5.97. The van der Waals surface area contributed by atoms with Crippen LogP contribution < -0.4 is 5.06 Å². The highest BCUT2D eigenvalue weighted by Crippen LogP contribution is 2.22. The molecule has 0 saturated heterocycles. The van der Waals surface area contributed by atoms with Crippen LogP contribution in [-0.4, -0.2) is 12.1 Å². The van der Waals surface area contributed by atoms with Crippen molar-refractivity contribution in [2.75, 3.05) is 5.06 Å². The molecule has 0 atom stereocenters. The van der Waals surface area contributed by atoms with E-state index in [2.05, 4.69) is 0 Å². The summed E-state index contributed by atoms with van der Waals surface area (Å²) in [5, 5.41) is 10.2. The van der Waals surface area contributed by atoms with E-state index in [9.17, 15) is 23.2 Å². The first kappa shape index (κ1) is 10.5. The standard InChI is InChI=1S/C8H5F3NO2/c9-8(10,11)7(13)12(14)6-4-2-1-3-5-6/h1-5H/q-1. The van der Waals surface area contributed by atoms with Gasteiger partial charge in [-0.25, -0.2) is 0 Å². The molecule has 0 unspecified atom stereocenters. The van der Waals surface area contributed by atoms with Crippen molar-refractivity contribution in [2.24, 2.45) is 0 Å². The Labute approximate surface area is 77.3 Å². The van der Waals surface area contributed by atoms with E-state index in [-0.39, 0.29) is 5.69 Å². The number of alkyl halides is 3. The highest BCUT2D eigenvalue weighted by atomic mass is 19.4. The third kappa shape index (κ3) is 2.23. The number of hydrogen-bond acceptors (Lipinski definition) is 2. The maximum atomic E-state index is 11.8. The largest absolute Gasteiger partial charge is 0.751 e. The molecule has 6 heteroatoms. The van der Waals surface area contributed by atoms with E-state index in [0.29, 0.717) is 0 Å². The zero-order valence-electron chi connectivity index (χ0n) is 6.78. The number of carbonyl (C=O) groups excluding carboxylic acids is 1. The molecule has 0 bridgehead atoms. The SMILES string of the molecule is O=C(N([O-])c1ccccc1)C(F)(F)F. The third-order valence-corrected chi connectivity index (χ3v) is 1.42. The summed E-state index contributed by atoms with van der Waals surface area (Å²) in [7, 11) is 0. The minimum absolute atomic E-state index is 0.338. The molecule has 0 heterocycles. The van der Waals surface area contributed by atoms with Crippen molar-refractivity contribution in [1.82, 2.24) is 0 Å². The van der Waals surface area contributed by atoms with E-state index >= 15 is 0 Å². The Morgan fingerprint density at radius 3 is 2.14 bits per heavy atom. The average Bonchev–Trinajstić information content (AvgIpc) is 2.15. The lowest BCUT2D eigenvalue weighted by Gasteiger charge is -2.28. The number of carbonyl (C=O) groups is 1. The number of hydroxylamine groups is 1. The smallest absolute Gasteiger partial charge is 0.470 e. The van der Waals surface area contributed by atoms with Crippen LogP contribution in [-0.2, 0) is 4.79 Å². The Morgan fingerprint density at radius 1 is 1.21 bits per heavy atom. The predicted octanol–water partition coefficient (Wildman–Crippen LogP) is 2.08. The molecule has 0 aliphatic rings. The molecular weight excluding hydrogens is 199 g/mol. The van der Waals surface area contributed by atoms with Gasteiger partial charge in [0.25, 0.3) is 0 Å². The van der Waals surface area contributed by atoms with Gasteiger partial charge in [-0.1, -0.05) is 18.2 Å². The first-order chi connectivity index (χ1) is 6.43. The molecule has 0 aliphatic heterocycles. The van der Waals surface area contributed by atoms with Crippen molar-refractivity contribution in [3.8, 4) is 0 Å². The van der Waals surface area contributed by atoms with Gasteiger partial charge in [0.15, 0.2) is 0 Å². The lowest BCUT2D eigenvalue weighted by molar-refractivity contribution is -0.169. The van der Waals surface area contributed by atoms with E-state index in [1.165, 1.54) is 18.2 Å². The molecule has 76 valence electrons. The molecular formula is C8H5F3NO2-. The summed E-state index contributed by atoms with van der Waals surface area (Å²) in [5.74, 6) is -2.43. The summed E-state index contributed by atoms with van der Waals surface area (Å²) < 4.78 is 35.4. The van der Waals surface area contributed by atoms with Gasteiger partial charge in [-0.15, -0.1) is 0 Å². The molecule has 0 aliphatic carbocycles. The minimum atomic E-state index is -5.14. The van der Waals surface area contributed by atoms with Gasteiger partial charge in [0.1, 0.15) is 0 Å². The van der Waals surface area contributed by atoms with Crippen LogP contribution in [0.5, 0.6) is 0 Å². The topological polar surface area (TPSA) is 43.4 Å². The van der Waals surface area contributed by atoms with Crippen LogP contribution in [0.25, 0.3) is 0 Å². The van der Waals surface area contributed by atoms with Crippen molar-refractivity contribution in [3.63, 3.8) is 0 Å². The van der Waals surface area contributed by atoms with Crippen molar-refractivity contribution in [1.29, 1.82) is 0 Å². The number of rotatable bonds is 1. The second-order valence-corrected chi connectivity index (χ2v) is 2.43. The van der Waals surface area contributed by atoms with Gasteiger partial charge in [-0.05, 0) is 12.1 Å². The van der Waals surface area contributed by atoms with Gasteiger partial charge in [-0.2, -0.15) is 13.2 Å². The Morgan fingerprint density at radius 2 is 1.71 bits per heavy atom. The molecule has 0 aromatic heterocycles. The second-order valence-electron chi connectivity index (χ2n) is 2.43. The number of hydrogen-bond donors (Lipinski definition) is 0. The van der Waals surface area contributed by atoms with Crippen molar-refractivity contribution >= 4 is 11.6 Å². The number of nitrogens with zero attached hydrogens (tertiary/aromatic N) is 1. The second kappa shape index (κ2) is 3.67. The molecule has 1 aromatic rings. The summed E-state index contributed by atoms with van der Waals surface area (Å²) >= 11 is 0. The molecule has 14 heavy (non-hydrogen) atoms. The van der Waals surface area contributed by atoms with Gasteiger partial charge in [0.05, 0.1) is 0 Å². The zero-order valence-corrected chi connectivity index (χ0v) is 6.78.